The minimum Gasteiger partial charge on any atom is -0.374 e. The Bertz CT molecular complexity index is 701. The van der Waals surface area contributed by atoms with E-state index in [1.807, 2.05) is 6.07 Å². The second kappa shape index (κ2) is 9.28. The lowest BCUT2D eigenvalue weighted by Gasteiger charge is -2.34. The molecule has 0 radical (unpaired) electrons. The Morgan fingerprint density at radius 1 is 1.48 bits per heavy atom. The van der Waals surface area contributed by atoms with Crippen LogP contribution in [0.25, 0.3) is 0 Å². The summed E-state index contributed by atoms with van der Waals surface area (Å²) in [6, 6.07) is 5.37. The number of rotatable bonds is 6. The van der Waals surface area contributed by atoms with Gasteiger partial charge >= 0.3 is 0 Å². The van der Waals surface area contributed by atoms with E-state index in [9.17, 15) is 9.59 Å². The zero-order valence-corrected chi connectivity index (χ0v) is 17.2. The first-order valence-corrected chi connectivity index (χ1v) is 10.5. The number of morpholine rings is 1. The molecule has 0 spiro atoms. The largest absolute Gasteiger partial charge is 0.374 e. The molecule has 1 fully saturated rings. The first kappa shape index (κ1) is 20.5. The fourth-order valence-electron chi connectivity index (χ4n) is 3.31. The van der Waals surface area contributed by atoms with E-state index in [4.69, 9.17) is 16.3 Å². The van der Waals surface area contributed by atoms with E-state index in [-0.39, 0.29) is 24.3 Å². The molecule has 2 N–H and O–H groups in total. The van der Waals surface area contributed by atoms with Gasteiger partial charge in [0, 0.05) is 42.5 Å². The first-order valence-electron chi connectivity index (χ1n) is 9.28. The van der Waals surface area contributed by atoms with Crippen LogP contribution in [0.1, 0.15) is 20.3 Å². The van der Waals surface area contributed by atoms with Crippen molar-refractivity contribution < 1.29 is 14.3 Å². The second-order valence-corrected chi connectivity index (χ2v) is 9.07. The van der Waals surface area contributed by atoms with Crippen LogP contribution in [0, 0.1) is 5.92 Å². The highest BCUT2D eigenvalue weighted by molar-refractivity contribution is 8.01. The zero-order valence-electron chi connectivity index (χ0n) is 15.7. The van der Waals surface area contributed by atoms with E-state index in [1.54, 1.807) is 12.1 Å². The lowest BCUT2D eigenvalue weighted by molar-refractivity contribution is -0.124. The van der Waals surface area contributed by atoms with E-state index in [0.29, 0.717) is 29.8 Å². The number of hydrogen-bond acceptors (Lipinski definition) is 5. The lowest BCUT2D eigenvalue weighted by atomic mass is 10.1. The molecular formula is C19H26ClN3O3S. The van der Waals surface area contributed by atoms with Crippen LogP contribution in [0.15, 0.2) is 23.1 Å². The summed E-state index contributed by atoms with van der Waals surface area (Å²) in [4.78, 5) is 27.9. The van der Waals surface area contributed by atoms with E-state index in [0.717, 1.165) is 24.5 Å². The Kier molecular flexibility index (Phi) is 7.03. The summed E-state index contributed by atoms with van der Waals surface area (Å²) in [5.41, 5.74) is 0.704. The van der Waals surface area contributed by atoms with Crippen molar-refractivity contribution in [3.8, 4) is 0 Å². The molecule has 27 heavy (non-hydrogen) atoms. The van der Waals surface area contributed by atoms with Crippen LogP contribution in [-0.2, 0) is 14.3 Å². The molecule has 8 heteroatoms. The molecule has 0 aromatic heterocycles. The van der Waals surface area contributed by atoms with Gasteiger partial charge in [-0.25, -0.2) is 0 Å². The third-order valence-corrected chi connectivity index (χ3v) is 6.02. The highest BCUT2D eigenvalue weighted by Crippen LogP contribution is 2.38. The fourth-order valence-corrected chi connectivity index (χ4v) is 4.57. The van der Waals surface area contributed by atoms with Gasteiger partial charge in [0.25, 0.3) is 0 Å². The topological polar surface area (TPSA) is 70.7 Å². The summed E-state index contributed by atoms with van der Waals surface area (Å²) in [5.74, 6) is 0.310. The van der Waals surface area contributed by atoms with E-state index >= 15 is 0 Å². The van der Waals surface area contributed by atoms with Crippen LogP contribution in [0.3, 0.4) is 0 Å². The van der Waals surface area contributed by atoms with Gasteiger partial charge in [0.1, 0.15) is 0 Å². The van der Waals surface area contributed by atoms with Crippen molar-refractivity contribution in [1.82, 2.24) is 10.2 Å². The maximum atomic E-state index is 12.3. The quantitative estimate of drug-likeness (QED) is 0.753. The molecule has 2 aliphatic rings. The van der Waals surface area contributed by atoms with Crippen LogP contribution >= 0.6 is 23.4 Å². The molecule has 6 nitrogen and oxygen atoms in total. The highest BCUT2D eigenvalue weighted by Gasteiger charge is 2.29. The Labute approximate surface area is 169 Å². The van der Waals surface area contributed by atoms with Gasteiger partial charge in [0.2, 0.25) is 11.8 Å². The van der Waals surface area contributed by atoms with Gasteiger partial charge in [-0.05, 0) is 24.1 Å². The number of ether oxygens (including phenoxy) is 1. The number of hydrogen-bond donors (Lipinski definition) is 2. The predicted octanol–water partition coefficient (Wildman–Crippen LogP) is 2.62. The lowest BCUT2D eigenvalue weighted by Crippen LogP contribution is -2.48. The molecule has 1 saturated heterocycles. The van der Waals surface area contributed by atoms with Crippen molar-refractivity contribution in [1.29, 1.82) is 0 Å². The molecule has 3 rings (SSSR count). The van der Waals surface area contributed by atoms with Crippen LogP contribution in [0.5, 0.6) is 0 Å². The van der Waals surface area contributed by atoms with Crippen molar-refractivity contribution in [2.45, 2.75) is 36.5 Å². The van der Waals surface area contributed by atoms with Crippen LogP contribution in [0.2, 0.25) is 5.02 Å². The summed E-state index contributed by atoms with van der Waals surface area (Å²) < 4.78 is 5.76. The fraction of sp³-hybridized carbons (Fsp3) is 0.579. The molecule has 1 aromatic carbocycles. The van der Waals surface area contributed by atoms with Crippen molar-refractivity contribution in [3.05, 3.63) is 23.2 Å². The average Bonchev–Trinajstić information content (AvgIpc) is 2.60. The van der Waals surface area contributed by atoms with Gasteiger partial charge in [0.15, 0.2) is 0 Å². The number of nitrogens with one attached hydrogen (secondary N) is 2. The van der Waals surface area contributed by atoms with Crippen molar-refractivity contribution in [2.24, 2.45) is 5.92 Å². The van der Waals surface area contributed by atoms with Crippen LogP contribution in [-0.4, -0.2) is 60.9 Å². The van der Waals surface area contributed by atoms with E-state index < -0.39 is 5.25 Å². The summed E-state index contributed by atoms with van der Waals surface area (Å²) in [6.07, 6.45) is 0.137. The summed E-state index contributed by atoms with van der Waals surface area (Å²) in [6.45, 7) is 8.36. The van der Waals surface area contributed by atoms with Gasteiger partial charge in [-0.3, -0.25) is 14.5 Å². The summed E-state index contributed by atoms with van der Waals surface area (Å²) in [7, 11) is 0. The molecular weight excluding hydrogens is 386 g/mol. The summed E-state index contributed by atoms with van der Waals surface area (Å²) in [5, 5.41) is 5.88. The number of carbonyl (C=O) groups is 2. The van der Waals surface area contributed by atoms with Gasteiger partial charge in [-0.2, -0.15) is 0 Å². The molecule has 0 unspecified atom stereocenters. The van der Waals surface area contributed by atoms with Crippen molar-refractivity contribution in [3.63, 3.8) is 0 Å². The van der Waals surface area contributed by atoms with E-state index in [1.165, 1.54) is 11.8 Å². The second-order valence-electron chi connectivity index (χ2n) is 7.39. The third kappa shape index (κ3) is 5.85. The number of thioether (sulfide) groups is 1. The average molecular weight is 412 g/mol. The monoisotopic (exact) mass is 411 g/mol. The first-order chi connectivity index (χ1) is 12.9. The smallest absolute Gasteiger partial charge is 0.238 e. The van der Waals surface area contributed by atoms with Crippen molar-refractivity contribution in [2.75, 3.05) is 38.1 Å². The number of fused-ring (bicyclic) bond motifs is 1. The van der Waals surface area contributed by atoms with Crippen molar-refractivity contribution >= 4 is 40.9 Å². The van der Waals surface area contributed by atoms with Gasteiger partial charge in [0.05, 0.1) is 23.6 Å². The SMILES string of the molecule is CC(C)CN1CCO[C@H](CNC(=O)C[C@@H]2Sc3ccc(Cl)cc3NC2=O)C1. The number of halogens is 1. The van der Waals surface area contributed by atoms with Gasteiger partial charge in [-0.1, -0.05) is 25.4 Å². The molecule has 0 bridgehead atoms. The van der Waals surface area contributed by atoms with Crippen LogP contribution < -0.4 is 10.6 Å². The predicted molar refractivity (Wildman–Crippen MR) is 108 cm³/mol. The molecule has 2 aliphatic heterocycles. The number of nitrogens with zero attached hydrogens (tertiary/aromatic N) is 1. The minimum atomic E-state index is -0.441. The molecule has 148 valence electrons. The van der Waals surface area contributed by atoms with Crippen LogP contribution in [0.4, 0.5) is 5.69 Å². The molecule has 2 amide bonds. The molecule has 1 aromatic rings. The highest BCUT2D eigenvalue weighted by atomic mass is 35.5. The normalized spacial score (nSPS) is 23.0. The Morgan fingerprint density at radius 3 is 3.07 bits per heavy atom. The Morgan fingerprint density at radius 2 is 2.30 bits per heavy atom. The number of anilines is 1. The number of amides is 2. The maximum absolute atomic E-state index is 12.3. The summed E-state index contributed by atoms with van der Waals surface area (Å²) >= 11 is 7.36. The molecule has 2 atom stereocenters. The molecule has 0 saturated carbocycles. The molecule has 2 heterocycles. The number of carbonyl (C=O) groups excluding carboxylic acids is 2. The molecule has 0 aliphatic carbocycles. The minimum absolute atomic E-state index is 0.00264. The Hall–Kier alpha value is -1.28. The number of benzene rings is 1. The zero-order chi connectivity index (χ0) is 19.4. The third-order valence-electron chi connectivity index (χ3n) is 4.51. The van der Waals surface area contributed by atoms with Gasteiger partial charge in [-0.15, -0.1) is 11.8 Å². The standard InChI is InChI=1S/C19H26ClN3O3S/c1-12(2)10-23-5-6-26-14(11-23)9-21-18(24)8-17-19(25)22-15-7-13(20)3-4-16(15)27-17/h3-4,7,12,14,17H,5-6,8-11H2,1-2H3,(H,21,24)(H,22,25)/t14-,17+/m1/s1. The maximum Gasteiger partial charge on any atom is 0.238 e. The van der Waals surface area contributed by atoms with Gasteiger partial charge < -0.3 is 15.4 Å². The van der Waals surface area contributed by atoms with E-state index in [2.05, 4.69) is 29.4 Å². The Balaban J connectivity index is 1.47.